The Balaban J connectivity index is 1.75. The van der Waals surface area contributed by atoms with Gasteiger partial charge in [-0.25, -0.2) is 19.7 Å². The van der Waals surface area contributed by atoms with E-state index in [0.29, 0.717) is 40.3 Å². The number of nitrogens with one attached hydrogen (secondary N) is 1. The monoisotopic (exact) mass is 504 g/mol. The van der Waals surface area contributed by atoms with E-state index in [9.17, 15) is 23.1 Å². The second-order valence-corrected chi connectivity index (χ2v) is 9.59. The van der Waals surface area contributed by atoms with Gasteiger partial charge in [0.15, 0.2) is 6.61 Å². The molecule has 192 valence electrons. The third kappa shape index (κ3) is 4.92. The zero-order valence-electron chi connectivity index (χ0n) is 20.5. The van der Waals surface area contributed by atoms with Gasteiger partial charge in [-0.1, -0.05) is 13.8 Å². The Morgan fingerprint density at radius 3 is 2.56 bits per heavy atom. The van der Waals surface area contributed by atoms with Crippen LogP contribution in [0.3, 0.4) is 0 Å². The van der Waals surface area contributed by atoms with Crippen LogP contribution in [-0.2, 0) is 10.3 Å². The number of nitrogens with zero attached hydrogens (tertiary/aromatic N) is 3. The molecule has 1 aliphatic heterocycles. The number of cyclic esters (lactones) is 1. The third-order valence-corrected chi connectivity index (χ3v) is 6.59. The van der Waals surface area contributed by atoms with Gasteiger partial charge in [0.2, 0.25) is 5.88 Å². The van der Waals surface area contributed by atoms with E-state index in [1.807, 2.05) is 20.8 Å². The van der Waals surface area contributed by atoms with E-state index < -0.39 is 30.0 Å². The van der Waals surface area contributed by atoms with Crippen molar-refractivity contribution in [3.63, 3.8) is 0 Å². The van der Waals surface area contributed by atoms with E-state index in [0.717, 1.165) is 0 Å². The van der Waals surface area contributed by atoms with Crippen LogP contribution >= 0.6 is 0 Å². The second kappa shape index (κ2) is 8.88. The van der Waals surface area contributed by atoms with E-state index in [4.69, 9.17) is 9.47 Å². The lowest BCUT2D eigenvalue weighted by Crippen LogP contribution is -2.39. The Morgan fingerprint density at radius 1 is 1.17 bits per heavy atom. The van der Waals surface area contributed by atoms with Gasteiger partial charge in [-0.2, -0.15) is 13.2 Å². The Labute approximate surface area is 205 Å². The molecule has 0 unspecified atom stereocenters. The average molecular weight is 505 g/mol. The molecule has 2 atom stereocenters. The number of esters is 1. The highest BCUT2D eigenvalue weighted by Gasteiger charge is 2.40. The number of hydrogen-bond acceptors (Lipinski definition) is 8. The van der Waals surface area contributed by atoms with Crippen molar-refractivity contribution in [1.82, 2.24) is 15.0 Å². The Hall–Kier alpha value is -3.47. The standard InChI is InChI=1S/C25H27F3N4O4/c1-6-24(5,34)17-11-30-21(35-12-25(26,27)28)16-10-29-19(9-15(16)17)31-18-8-7-14-20(32-18)13(2)23(3,4)36-22(14)33/h7-11,13,34H,6,12H2,1-5H3,(H,29,31,32)/t13-,24+/m1/s1. The van der Waals surface area contributed by atoms with Crippen LogP contribution < -0.4 is 10.1 Å². The zero-order valence-corrected chi connectivity index (χ0v) is 20.5. The van der Waals surface area contributed by atoms with Gasteiger partial charge in [-0.3, -0.25) is 0 Å². The molecule has 36 heavy (non-hydrogen) atoms. The van der Waals surface area contributed by atoms with Gasteiger partial charge in [-0.05, 0) is 50.8 Å². The molecule has 0 radical (unpaired) electrons. The minimum absolute atomic E-state index is 0.165. The quantitative estimate of drug-likeness (QED) is 0.431. The number of halogens is 3. The summed E-state index contributed by atoms with van der Waals surface area (Å²) in [7, 11) is 0. The molecule has 8 nitrogen and oxygen atoms in total. The first-order chi connectivity index (χ1) is 16.7. The summed E-state index contributed by atoms with van der Waals surface area (Å²) in [5.74, 6) is -0.0901. The molecular weight excluding hydrogens is 477 g/mol. The number of carbonyl (C=O) groups is 1. The molecule has 11 heteroatoms. The van der Waals surface area contributed by atoms with Crippen molar-refractivity contribution in [2.75, 3.05) is 11.9 Å². The van der Waals surface area contributed by atoms with Gasteiger partial charge < -0.3 is 19.9 Å². The normalized spacial score (nSPS) is 18.8. The van der Waals surface area contributed by atoms with Crippen molar-refractivity contribution in [3.8, 4) is 5.88 Å². The fraction of sp³-hybridized carbons (Fsp3) is 0.440. The highest BCUT2D eigenvalue weighted by atomic mass is 19.4. The Morgan fingerprint density at radius 2 is 1.89 bits per heavy atom. The van der Waals surface area contributed by atoms with Gasteiger partial charge in [-0.15, -0.1) is 0 Å². The second-order valence-electron chi connectivity index (χ2n) is 9.59. The molecule has 2 N–H and O–H groups in total. The summed E-state index contributed by atoms with van der Waals surface area (Å²) in [6.07, 6.45) is -1.54. The molecule has 0 fully saturated rings. The summed E-state index contributed by atoms with van der Waals surface area (Å²) in [4.78, 5) is 25.3. The molecule has 1 aliphatic rings. The first-order valence-electron chi connectivity index (χ1n) is 11.4. The van der Waals surface area contributed by atoms with Crippen LogP contribution in [0.4, 0.5) is 24.8 Å². The van der Waals surface area contributed by atoms with E-state index in [-0.39, 0.29) is 17.2 Å². The minimum atomic E-state index is -4.53. The van der Waals surface area contributed by atoms with Gasteiger partial charge in [0, 0.05) is 23.9 Å². The van der Waals surface area contributed by atoms with Gasteiger partial charge in [0.05, 0.1) is 22.2 Å². The summed E-state index contributed by atoms with van der Waals surface area (Å²) in [6.45, 7) is 7.43. The van der Waals surface area contributed by atoms with E-state index in [2.05, 4.69) is 20.3 Å². The number of alkyl halides is 3. The largest absolute Gasteiger partial charge is 0.468 e. The number of ether oxygens (including phenoxy) is 2. The number of hydrogen-bond donors (Lipinski definition) is 2. The van der Waals surface area contributed by atoms with Gasteiger partial charge >= 0.3 is 12.1 Å². The van der Waals surface area contributed by atoms with E-state index in [1.54, 1.807) is 32.0 Å². The summed E-state index contributed by atoms with van der Waals surface area (Å²) in [5, 5.41) is 14.6. The predicted octanol–water partition coefficient (Wildman–Crippen LogP) is 5.38. The maximum absolute atomic E-state index is 12.7. The lowest BCUT2D eigenvalue weighted by Gasteiger charge is -2.36. The van der Waals surface area contributed by atoms with Crippen molar-refractivity contribution in [1.29, 1.82) is 0 Å². The average Bonchev–Trinajstić information content (AvgIpc) is 2.80. The summed E-state index contributed by atoms with van der Waals surface area (Å²) in [6, 6.07) is 4.84. The van der Waals surface area contributed by atoms with Crippen molar-refractivity contribution in [2.45, 2.75) is 64.3 Å². The summed E-state index contributed by atoms with van der Waals surface area (Å²) >= 11 is 0. The smallest absolute Gasteiger partial charge is 0.422 e. The number of aliphatic hydroxyl groups is 1. The maximum Gasteiger partial charge on any atom is 0.422 e. The molecule has 0 aromatic carbocycles. The van der Waals surface area contributed by atoms with Crippen LogP contribution in [0.1, 0.15) is 68.6 Å². The highest BCUT2D eigenvalue weighted by Crippen LogP contribution is 2.39. The summed E-state index contributed by atoms with van der Waals surface area (Å²) < 4.78 is 48.6. The number of fused-ring (bicyclic) bond motifs is 2. The van der Waals surface area contributed by atoms with Crippen LogP contribution in [0.5, 0.6) is 5.88 Å². The van der Waals surface area contributed by atoms with Crippen LogP contribution in [0, 0.1) is 0 Å². The van der Waals surface area contributed by atoms with Gasteiger partial charge in [0.25, 0.3) is 0 Å². The lowest BCUT2D eigenvalue weighted by atomic mass is 9.84. The van der Waals surface area contributed by atoms with E-state index in [1.165, 1.54) is 12.4 Å². The molecule has 0 saturated carbocycles. The maximum atomic E-state index is 12.7. The molecule has 0 saturated heterocycles. The van der Waals surface area contributed by atoms with Crippen molar-refractivity contribution in [3.05, 3.63) is 47.4 Å². The van der Waals surface area contributed by atoms with E-state index >= 15 is 0 Å². The van der Waals surface area contributed by atoms with Crippen molar-refractivity contribution < 1.29 is 32.5 Å². The molecule has 0 aliphatic carbocycles. The summed E-state index contributed by atoms with van der Waals surface area (Å²) in [5.41, 5.74) is -0.627. The molecule has 4 heterocycles. The molecule has 0 amide bonds. The zero-order chi connectivity index (χ0) is 26.5. The number of anilines is 2. The first-order valence-corrected chi connectivity index (χ1v) is 11.4. The number of pyridine rings is 3. The predicted molar refractivity (Wildman–Crippen MR) is 126 cm³/mol. The number of rotatable bonds is 6. The van der Waals surface area contributed by atoms with Crippen LogP contribution in [0.15, 0.2) is 30.6 Å². The number of carbonyl (C=O) groups excluding carboxylic acids is 1. The fourth-order valence-corrected chi connectivity index (χ4v) is 3.95. The van der Waals surface area contributed by atoms with Crippen molar-refractivity contribution in [2.24, 2.45) is 0 Å². The Kier molecular flexibility index (Phi) is 6.32. The first kappa shape index (κ1) is 25.6. The lowest BCUT2D eigenvalue weighted by molar-refractivity contribution is -0.153. The Bertz CT molecular complexity index is 1320. The number of aromatic nitrogens is 3. The third-order valence-electron chi connectivity index (χ3n) is 6.59. The van der Waals surface area contributed by atoms with Crippen LogP contribution in [-0.4, -0.2) is 44.4 Å². The molecule has 0 bridgehead atoms. The topological polar surface area (TPSA) is 106 Å². The van der Waals surface area contributed by atoms with Crippen molar-refractivity contribution >= 4 is 28.4 Å². The molecule has 4 rings (SSSR count). The minimum Gasteiger partial charge on any atom is -0.468 e. The molecule has 0 spiro atoms. The molecule has 3 aromatic rings. The van der Waals surface area contributed by atoms with Crippen LogP contribution in [0.2, 0.25) is 0 Å². The highest BCUT2D eigenvalue weighted by molar-refractivity contribution is 5.93. The van der Waals surface area contributed by atoms with Crippen LogP contribution in [0.25, 0.3) is 10.8 Å². The van der Waals surface area contributed by atoms with Gasteiger partial charge in [0.1, 0.15) is 17.2 Å². The molecule has 3 aromatic heterocycles. The molecular formula is C25H27F3N4O4. The fourth-order valence-electron chi connectivity index (χ4n) is 3.95. The SMILES string of the molecule is CC[C@](C)(O)c1cnc(OCC(F)(F)F)c2cnc(Nc3ccc4c(n3)[C@@H](C)C(C)(C)OC4=O)cc12.